The Morgan fingerprint density at radius 3 is 2.38 bits per heavy atom. The van der Waals surface area contributed by atoms with Gasteiger partial charge in [0.1, 0.15) is 5.82 Å². The number of benzene rings is 2. The number of rotatable bonds is 4. The third-order valence-electron chi connectivity index (χ3n) is 3.18. The number of amides is 1. The van der Waals surface area contributed by atoms with Gasteiger partial charge >= 0.3 is 0 Å². The maximum atomic E-state index is 13.5. The van der Waals surface area contributed by atoms with E-state index in [-0.39, 0.29) is 18.1 Å². The molecule has 0 spiro atoms. The predicted octanol–water partition coefficient (Wildman–Crippen LogP) is 3.52. The first-order chi connectivity index (χ1) is 9.95. The molecular formula is C17H19FN2O. The van der Waals surface area contributed by atoms with Crippen LogP contribution in [0.4, 0.5) is 15.8 Å². The predicted molar refractivity (Wildman–Crippen MR) is 84.2 cm³/mol. The lowest BCUT2D eigenvalue weighted by Crippen LogP contribution is -2.30. The summed E-state index contributed by atoms with van der Waals surface area (Å²) in [7, 11) is 1.84. The van der Waals surface area contributed by atoms with E-state index in [1.54, 1.807) is 18.2 Å². The monoisotopic (exact) mass is 286 g/mol. The van der Waals surface area contributed by atoms with Crippen molar-refractivity contribution in [1.29, 1.82) is 0 Å². The number of para-hydroxylation sites is 1. The molecule has 0 saturated carbocycles. The summed E-state index contributed by atoms with van der Waals surface area (Å²) in [4.78, 5) is 13.8. The van der Waals surface area contributed by atoms with Crippen molar-refractivity contribution in [3.8, 4) is 0 Å². The second kappa shape index (κ2) is 6.39. The highest BCUT2D eigenvalue weighted by atomic mass is 19.1. The lowest BCUT2D eigenvalue weighted by atomic mass is 10.1. The van der Waals surface area contributed by atoms with E-state index in [4.69, 9.17) is 0 Å². The standard InChI is InChI=1S/C17H19FN2O/c1-12-8-13(2)10-14(9-12)20(3)11-17(21)19-16-7-5-4-6-15(16)18/h4-10H,11H2,1-3H3,(H,19,21). The number of hydrogen-bond acceptors (Lipinski definition) is 2. The molecule has 110 valence electrons. The summed E-state index contributed by atoms with van der Waals surface area (Å²) in [6, 6.07) is 12.3. The average molecular weight is 286 g/mol. The van der Waals surface area contributed by atoms with Crippen LogP contribution in [0.5, 0.6) is 0 Å². The highest BCUT2D eigenvalue weighted by Crippen LogP contribution is 2.18. The largest absolute Gasteiger partial charge is 0.365 e. The van der Waals surface area contributed by atoms with Gasteiger partial charge in [-0.15, -0.1) is 0 Å². The quantitative estimate of drug-likeness (QED) is 0.932. The van der Waals surface area contributed by atoms with Crippen molar-refractivity contribution in [3.63, 3.8) is 0 Å². The van der Waals surface area contributed by atoms with Gasteiger partial charge in [0, 0.05) is 12.7 Å². The van der Waals surface area contributed by atoms with Crippen LogP contribution in [0.3, 0.4) is 0 Å². The second-order valence-corrected chi connectivity index (χ2v) is 5.23. The van der Waals surface area contributed by atoms with Gasteiger partial charge in [0.25, 0.3) is 0 Å². The normalized spacial score (nSPS) is 10.3. The van der Waals surface area contributed by atoms with Crippen molar-refractivity contribution >= 4 is 17.3 Å². The maximum absolute atomic E-state index is 13.5. The Morgan fingerprint density at radius 1 is 1.14 bits per heavy atom. The van der Waals surface area contributed by atoms with E-state index in [2.05, 4.69) is 11.4 Å². The zero-order valence-corrected chi connectivity index (χ0v) is 12.5. The number of carbonyl (C=O) groups is 1. The van der Waals surface area contributed by atoms with E-state index in [0.717, 1.165) is 16.8 Å². The van der Waals surface area contributed by atoms with Crippen molar-refractivity contribution in [2.45, 2.75) is 13.8 Å². The van der Waals surface area contributed by atoms with Crippen LogP contribution < -0.4 is 10.2 Å². The van der Waals surface area contributed by atoms with E-state index in [9.17, 15) is 9.18 Å². The molecule has 0 heterocycles. The zero-order chi connectivity index (χ0) is 15.4. The molecule has 21 heavy (non-hydrogen) atoms. The number of hydrogen-bond donors (Lipinski definition) is 1. The van der Waals surface area contributed by atoms with Gasteiger partial charge in [-0.05, 0) is 49.2 Å². The summed E-state index contributed by atoms with van der Waals surface area (Å²) < 4.78 is 13.5. The van der Waals surface area contributed by atoms with E-state index in [1.807, 2.05) is 37.9 Å². The van der Waals surface area contributed by atoms with Gasteiger partial charge < -0.3 is 10.2 Å². The number of nitrogens with one attached hydrogen (secondary N) is 1. The molecular weight excluding hydrogens is 267 g/mol. The van der Waals surface area contributed by atoms with Gasteiger partial charge in [-0.2, -0.15) is 0 Å². The average Bonchev–Trinajstić information content (AvgIpc) is 2.40. The fraction of sp³-hybridized carbons (Fsp3) is 0.235. The molecule has 0 radical (unpaired) electrons. The molecule has 0 aliphatic carbocycles. The molecule has 4 heteroatoms. The van der Waals surface area contributed by atoms with Gasteiger partial charge in [0.15, 0.2) is 0 Å². The molecule has 1 amide bonds. The molecule has 3 nitrogen and oxygen atoms in total. The summed E-state index contributed by atoms with van der Waals surface area (Å²) >= 11 is 0. The molecule has 2 aromatic carbocycles. The zero-order valence-electron chi connectivity index (χ0n) is 12.5. The van der Waals surface area contributed by atoms with E-state index >= 15 is 0 Å². The summed E-state index contributed by atoms with van der Waals surface area (Å²) in [5, 5.41) is 2.58. The maximum Gasteiger partial charge on any atom is 0.243 e. The summed E-state index contributed by atoms with van der Waals surface area (Å²) in [5.74, 6) is -0.679. The second-order valence-electron chi connectivity index (χ2n) is 5.23. The SMILES string of the molecule is Cc1cc(C)cc(N(C)CC(=O)Nc2ccccc2F)c1. The third-order valence-corrected chi connectivity index (χ3v) is 3.18. The van der Waals surface area contributed by atoms with Crippen molar-refractivity contribution in [3.05, 3.63) is 59.4 Å². The van der Waals surface area contributed by atoms with Crippen molar-refractivity contribution < 1.29 is 9.18 Å². The highest BCUT2D eigenvalue weighted by Gasteiger charge is 2.10. The van der Waals surface area contributed by atoms with Crippen LogP contribution in [-0.4, -0.2) is 19.5 Å². The minimum atomic E-state index is -0.431. The number of halogens is 1. The molecule has 0 bridgehead atoms. The van der Waals surface area contributed by atoms with Crippen molar-refractivity contribution in [1.82, 2.24) is 0 Å². The number of aryl methyl sites for hydroxylation is 2. The molecule has 0 fully saturated rings. The van der Waals surface area contributed by atoms with Gasteiger partial charge in [-0.1, -0.05) is 18.2 Å². The molecule has 0 aromatic heterocycles. The lowest BCUT2D eigenvalue weighted by Gasteiger charge is -2.20. The Labute approximate surface area is 124 Å². The van der Waals surface area contributed by atoms with Crippen LogP contribution in [0.15, 0.2) is 42.5 Å². The first kappa shape index (κ1) is 15.0. The number of nitrogens with zero attached hydrogens (tertiary/aromatic N) is 1. The van der Waals surface area contributed by atoms with E-state index in [1.165, 1.54) is 6.07 Å². The van der Waals surface area contributed by atoms with Crippen molar-refractivity contribution in [2.24, 2.45) is 0 Å². The van der Waals surface area contributed by atoms with E-state index < -0.39 is 5.82 Å². The number of likely N-dealkylation sites (N-methyl/N-ethyl adjacent to an activating group) is 1. The van der Waals surface area contributed by atoms with Crippen LogP contribution in [-0.2, 0) is 4.79 Å². The topological polar surface area (TPSA) is 32.3 Å². The minimum absolute atomic E-state index is 0.164. The Bertz CT molecular complexity index is 635. The van der Waals surface area contributed by atoms with Gasteiger partial charge in [-0.3, -0.25) is 4.79 Å². The Hall–Kier alpha value is -2.36. The summed E-state index contributed by atoms with van der Waals surface area (Å²) in [6.07, 6.45) is 0. The summed E-state index contributed by atoms with van der Waals surface area (Å²) in [5.41, 5.74) is 3.46. The molecule has 0 aliphatic heterocycles. The molecule has 0 aliphatic rings. The Balaban J connectivity index is 2.04. The van der Waals surface area contributed by atoms with Crippen LogP contribution in [0, 0.1) is 19.7 Å². The number of carbonyl (C=O) groups excluding carboxylic acids is 1. The molecule has 0 unspecified atom stereocenters. The molecule has 2 rings (SSSR count). The molecule has 0 atom stereocenters. The first-order valence-electron chi connectivity index (χ1n) is 6.79. The van der Waals surface area contributed by atoms with Crippen LogP contribution in [0.25, 0.3) is 0 Å². The third kappa shape index (κ3) is 4.05. The lowest BCUT2D eigenvalue weighted by molar-refractivity contribution is -0.114. The highest BCUT2D eigenvalue weighted by molar-refractivity contribution is 5.94. The van der Waals surface area contributed by atoms with Crippen LogP contribution in [0.2, 0.25) is 0 Å². The fourth-order valence-electron chi connectivity index (χ4n) is 2.23. The Morgan fingerprint density at radius 2 is 1.76 bits per heavy atom. The molecule has 1 N–H and O–H groups in total. The van der Waals surface area contributed by atoms with Crippen LogP contribution in [0.1, 0.15) is 11.1 Å². The summed E-state index contributed by atoms with van der Waals surface area (Å²) in [6.45, 7) is 4.20. The van der Waals surface area contributed by atoms with E-state index in [0.29, 0.717) is 0 Å². The Kier molecular flexibility index (Phi) is 4.58. The molecule has 0 saturated heterocycles. The van der Waals surface area contributed by atoms with Gasteiger partial charge in [-0.25, -0.2) is 4.39 Å². The van der Waals surface area contributed by atoms with Crippen LogP contribution >= 0.6 is 0 Å². The van der Waals surface area contributed by atoms with Gasteiger partial charge in [0.05, 0.1) is 12.2 Å². The van der Waals surface area contributed by atoms with Crippen molar-refractivity contribution in [2.75, 3.05) is 23.8 Å². The molecule has 2 aromatic rings. The van der Waals surface area contributed by atoms with Gasteiger partial charge in [0.2, 0.25) is 5.91 Å². The first-order valence-corrected chi connectivity index (χ1v) is 6.79. The number of anilines is 2. The smallest absolute Gasteiger partial charge is 0.243 e. The minimum Gasteiger partial charge on any atom is -0.365 e. The fourth-order valence-corrected chi connectivity index (χ4v) is 2.23.